The first-order chi connectivity index (χ1) is 10.1. The predicted molar refractivity (Wildman–Crippen MR) is 83.5 cm³/mol. The highest BCUT2D eigenvalue weighted by atomic mass is 16.1. The van der Waals surface area contributed by atoms with Gasteiger partial charge in [0.1, 0.15) is 0 Å². The van der Waals surface area contributed by atoms with Gasteiger partial charge in [0.15, 0.2) is 0 Å². The molecule has 0 aliphatic rings. The highest BCUT2D eigenvalue weighted by Crippen LogP contribution is 2.10. The van der Waals surface area contributed by atoms with E-state index in [0.29, 0.717) is 18.7 Å². The van der Waals surface area contributed by atoms with Crippen molar-refractivity contribution >= 4 is 5.91 Å². The van der Waals surface area contributed by atoms with Gasteiger partial charge in [-0.05, 0) is 44.7 Å². The Bertz CT molecular complexity index is 618. The Morgan fingerprint density at radius 3 is 2.71 bits per heavy atom. The fourth-order valence-corrected chi connectivity index (χ4v) is 2.22. The van der Waals surface area contributed by atoms with Crippen molar-refractivity contribution < 1.29 is 4.79 Å². The molecule has 0 aliphatic carbocycles. The number of carbonyl (C=O) groups excluding carboxylic acids is 1. The van der Waals surface area contributed by atoms with Crippen molar-refractivity contribution in [1.82, 2.24) is 20.4 Å². The van der Waals surface area contributed by atoms with Crippen LogP contribution in [0.5, 0.6) is 0 Å². The lowest BCUT2D eigenvalue weighted by atomic mass is 10.1. The molecule has 0 bridgehead atoms. The van der Waals surface area contributed by atoms with Crippen molar-refractivity contribution in [2.24, 2.45) is 0 Å². The molecule has 2 rings (SSSR count). The van der Waals surface area contributed by atoms with Gasteiger partial charge in [-0.2, -0.15) is 5.10 Å². The first-order valence-electron chi connectivity index (χ1n) is 7.13. The van der Waals surface area contributed by atoms with Gasteiger partial charge in [-0.15, -0.1) is 0 Å². The molecule has 2 N–H and O–H groups in total. The summed E-state index contributed by atoms with van der Waals surface area (Å²) in [6.45, 7) is 6.08. The van der Waals surface area contributed by atoms with E-state index in [1.165, 1.54) is 0 Å². The van der Waals surface area contributed by atoms with Crippen LogP contribution in [-0.2, 0) is 6.54 Å². The van der Waals surface area contributed by atoms with E-state index in [0.717, 1.165) is 23.5 Å². The van der Waals surface area contributed by atoms with E-state index in [2.05, 4.69) is 15.7 Å². The highest BCUT2D eigenvalue weighted by Gasteiger charge is 2.07. The number of benzene rings is 1. The van der Waals surface area contributed by atoms with E-state index >= 15 is 0 Å². The number of carbonyl (C=O) groups is 1. The zero-order valence-electron chi connectivity index (χ0n) is 12.8. The molecule has 0 atom stereocenters. The van der Waals surface area contributed by atoms with Crippen LogP contribution in [0.1, 0.15) is 27.3 Å². The minimum atomic E-state index is -0.0412. The predicted octanol–water partition coefficient (Wildman–Crippen LogP) is 1.50. The Morgan fingerprint density at radius 2 is 2.05 bits per heavy atom. The van der Waals surface area contributed by atoms with Crippen LogP contribution in [0, 0.1) is 13.8 Å². The third kappa shape index (κ3) is 4.16. The number of hydrogen-bond acceptors (Lipinski definition) is 3. The van der Waals surface area contributed by atoms with Gasteiger partial charge in [-0.25, -0.2) is 0 Å². The third-order valence-electron chi connectivity index (χ3n) is 3.29. The molecular weight excluding hydrogens is 264 g/mol. The van der Waals surface area contributed by atoms with Crippen LogP contribution in [-0.4, -0.2) is 35.8 Å². The number of likely N-dealkylation sites (N-methyl/N-ethyl adjacent to an activating group) is 1. The second-order valence-electron chi connectivity index (χ2n) is 5.14. The number of rotatable bonds is 6. The van der Waals surface area contributed by atoms with Crippen LogP contribution in [0.4, 0.5) is 0 Å². The zero-order valence-corrected chi connectivity index (χ0v) is 12.8. The molecule has 0 aliphatic heterocycles. The molecule has 0 radical (unpaired) electrons. The maximum atomic E-state index is 12.0. The molecule has 1 amide bonds. The summed E-state index contributed by atoms with van der Waals surface area (Å²) in [5.74, 6) is -0.0412. The van der Waals surface area contributed by atoms with Crippen LogP contribution >= 0.6 is 0 Å². The monoisotopic (exact) mass is 286 g/mol. The zero-order chi connectivity index (χ0) is 15.2. The number of aryl methyl sites for hydroxylation is 2. The van der Waals surface area contributed by atoms with E-state index in [1.807, 2.05) is 55.9 Å². The SMILES string of the molecule is CNCCNC(=O)c1cccc(Cn2nc(C)cc2C)c1. The smallest absolute Gasteiger partial charge is 0.251 e. The molecule has 112 valence electrons. The molecule has 5 nitrogen and oxygen atoms in total. The summed E-state index contributed by atoms with van der Waals surface area (Å²) in [6.07, 6.45) is 0. The molecule has 0 spiro atoms. The van der Waals surface area contributed by atoms with Crippen molar-refractivity contribution in [3.05, 3.63) is 52.8 Å². The van der Waals surface area contributed by atoms with Crippen LogP contribution in [0.25, 0.3) is 0 Å². The first-order valence-corrected chi connectivity index (χ1v) is 7.13. The fraction of sp³-hybridized carbons (Fsp3) is 0.375. The van der Waals surface area contributed by atoms with Crippen molar-refractivity contribution in [3.63, 3.8) is 0 Å². The van der Waals surface area contributed by atoms with E-state index < -0.39 is 0 Å². The lowest BCUT2D eigenvalue weighted by molar-refractivity contribution is 0.0954. The molecule has 1 heterocycles. The van der Waals surface area contributed by atoms with Gasteiger partial charge in [0.2, 0.25) is 0 Å². The molecule has 2 aromatic rings. The topological polar surface area (TPSA) is 58.9 Å². The van der Waals surface area contributed by atoms with Gasteiger partial charge in [-0.1, -0.05) is 12.1 Å². The standard InChI is InChI=1S/C16H22N4O/c1-12-9-13(2)20(19-12)11-14-5-4-6-15(10-14)16(21)18-8-7-17-3/h4-6,9-10,17H,7-8,11H2,1-3H3,(H,18,21). The summed E-state index contributed by atoms with van der Waals surface area (Å²) in [6, 6.07) is 9.73. The fourth-order valence-electron chi connectivity index (χ4n) is 2.22. The quantitative estimate of drug-likeness (QED) is 0.791. The summed E-state index contributed by atoms with van der Waals surface area (Å²) in [5, 5.41) is 10.3. The summed E-state index contributed by atoms with van der Waals surface area (Å²) in [7, 11) is 1.86. The normalized spacial score (nSPS) is 10.6. The molecule has 1 aromatic heterocycles. The minimum absolute atomic E-state index is 0.0412. The average Bonchev–Trinajstić information content (AvgIpc) is 2.77. The van der Waals surface area contributed by atoms with E-state index in [1.54, 1.807) is 0 Å². The van der Waals surface area contributed by atoms with Gasteiger partial charge >= 0.3 is 0 Å². The average molecular weight is 286 g/mol. The van der Waals surface area contributed by atoms with Crippen LogP contribution in [0.2, 0.25) is 0 Å². The molecule has 0 unspecified atom stereocenters. The molecule has 0 saturated carbocycles. The largest absolute Gasteiger partial charge is 0.351 e. The van der Waals surface area contributed by atoms with Crippen molar-refractivity contribution in [2.75, 3.05) is 20.1 Å². The number of amides is 1. The molecule has 1 aromatic carbocycles. The first kappa shape index (κ1) is 15.3. The van der Waals surface area contributed by atoms with Gasteiger partial charge in [0.25, 0.3) is 5.91 Å². The summed E-state index contributed by atoms with van der Waals surface area (Å²) in [4.78, 5) is 12.0. The Kier molecular flexibility index (Phi) is 5.11. The number of nitrogens with zero attached hydrogens (tertiary/aromatic N) is 2. The lowest BCUT2D eigenvalue weighted by Gasteiger charge is -2.08. The number of aromatic nitrogens is 2. The van der Waals surface area contributed by atoms with E-state index in [9.17, 15) is 4.79 Å². The number of hydrogen-bond donors (Lipinski definition) is 2. The van der Waals surface area contributed by atoms with Gasteiger partial charge in [-0.3, -0.25) is 9.48 Å². The second kappa shape index (κ2) is 7.04. The lowest BCUT2D eigenvalue weighted by Crippen LogP contribution is -2.30. The van der Waals surface area contributed by atoms with Crippen LogP contribution in [0.3, 0.4) is 0 Å². The molecule has 21 heavy (non-hydrogen) atoms. The Hall–Kier alpha value is -2.14. The van der Waals surface area contributed by atoms with Gasteiger partial charge < -0.3 is 10.6 Å². The van der Waals surface area contributed by atoms with E-state index in [4.69, 9.17) is 0 Å². The maximum Gasteiger partial charge on any atom is 0.251 e. The summed E-state index contributed by atoms with van der Waals surface area (Å²) >= 11 is 0. The summed E-state index contributed by atoms with van der Waals surface area (Å²) in [5.41, 5.74) is 3.89. The molecule has 5 heteroatoms. The molecule has 0 saturated heterocycles. The Balaban J connectivity index is 2.07. The van der Waals surface area contributed by atoms with Gasteiger partial charge in [0.05, 0.1) is 12.2 Å². The summed E-state index contributed by atoms with van der Waals surface area (Å²) < 4.78 is 1.95. The number of nitrogens with one attached hydrogen (secondary N) is 2. The van der Waals surface area contributed by atoms with E-state index in [-0.39, 0.29) is 5.91 Å². The van der Waals surface area contributed by atoms with Crippen LogP contribution < -0.4 is 10.6 Å². The van der Waals surface area contributed by atoms with Gasteiger partial charge in [0, 0.05) is 24.3 Å². The molecule has 0 fully saturated rings. The highest BCUT2D eigenvalue weighted by molar-refractivity contribution is 5.94. The Labute approximate surface area is 125 Å². The third-order valence-corrected chi connectivity index (χ3v) is 3.29. The van der Waals surface area contributed by atoms with Crippen molar-refractivity contribution in [1.29, 1.82) is 0 Å². The Morgan fingerprint density at radius 1 is 1.24 bits per heavy atom. The van der Waals surface area contributed by atoms with Crippen LogP contribution in [0.15, 0.2) is 30.3 Å². The molecular formula is C16H22N4O. The second-order valence-corrected chi connectivity index (χ2v) is 5.14. The maximum absolute atomic E-state index is 12.0. The minimum Gasteiger partial charge on any atom is -0.351 e. The van der Waals surface area contributed by atoms with Crippen molar-refractivity contribution in [2.45, 2.75) is 20.4 Å². The van der Waals surface area contributed by atoms with Crippen molar-refractivity contribution in [3.8, 4) is 0 Å².